The van der Waals surface area contributed by atoms with Crippen molar-refractivity contribution < 1.29 is 14.6 Å². The van der Waals surface area contributed by atoms with Gasteiger partial charge in [0.15, 0.2) is 0 Å². The van der Waals surface area contributed by atoms with Gasteiger partial charge in [-0.1, -0.05) is 72.4 Å². The van der Waals surface area contributed by atoms with Crippen LogP contribution in [0.1, 0.15) is 19.4 Å². The van der Waals surface area contributed by atoms with Gasteiger partial charge in [0.1, 0.15) is 11.1 Å². The zero-order valence-electron chi connectivity index (χ0n) is 17.0. The smallest absolute Gasteiger partial charge is 0.316 e. The van der Waals surface area contributed by atoms with E-state index in [-0.39, 0.29) is 18.3 Å². The number of rotatable bonds is 6. The topological polar surface area (TPSA) is 83.2 Å². The monoisotopic (exact) mass is 420 g/mol. The summed E-state index contributed by atoms with van der Waals surface area (Å²) in [7, 11) is 0. The van der Waals surface area contributed by atoms with Gasteiger partial charge in [0.2, 0.25) is 0 Å². The molecule has 2 aromatic carbocycles. The molecule has 6 heteroatoms. The van der Waals surface area contributed by atoms with Gasteiger partial charge in [0, 0.05) is 17.7 Å². The summed E-state index contributed by atoms with van der Waals surface area (Å²) in [4.78, 5) is 16.4. The van der Waals surface area contributed by atoms with E-state index < -0.39 is 0 Å². The second-order valence-corrected chi connectivity index (χ2v) is 6.95. The molecule has 0 bridgehead atoms. The summed E-state index contributed by atoms with van der Waals surface area (Å²) in [5.41, 5.74) is 3.93. The van der Waals surface area contributed by atoms with Crippen LogP contribution in [0.3, 0.4) is 0 Å². The first-order valence-corrected chi connectivity index (χ1v) is 10.6. The third-order valence-corrected chi connectivity index (χ3v) is 4.83. The molecule has 3 rings (SSSR count). The van der Waals surface area contributed by atoms with Crippen molar-refractivity contribution in [1.29, 1.82) is 5.26 Å². The molecule has 0 atom stereocenters. The third kappa shape index (κ3) is 6.45. The first kappa shape index (κ1) is 23.1. The Morgan fingerprint density at radius 3 is 2.17 bits per heavy atom. The minimum Gasteiger partial charge on any atom is -0.465 e. The van der Waals surface area contributed by atoms with E-state index in [9.17, 15) is 10.1 Å². The zero-order valence-corrected chi connectivity index (χ0v) is 17.9. The van der Waals surface area contributed by atoms with Crippen molar-refractivity contribution in [3.05, 3.63) is 72.3 Å². The Hall–Kier alpha value is -3.14. The maximum Gasteiger partial charge on any atom is 0.316 e. The van der Waals surface area contributed by atoms with E-state index in [1.54, 1.807) is 13.8 Å². The highest BCUT2D eigenvalue weighted by atomic mass is 32.2. The minimum absolute atomic E-state index is 0.113. The molecule has 3 aromatic rings. The van der Waals surface area contributed by atoms with Crippen molar-refractivity contribution in [3.63, 3.8) is 0 Å². The minimum atomic E-state index is -0.320. The van der Waals surface area contributed by atoms with Gasteiger partial charge < -0.3 is 9.84 Å². The summed E-state index contributed by atoms with van der Waals surface area (Å²) in [5.74, 6) is -0.207. The lowest BCUT2D eigenvalue weighted by Crippen LogP contribution is -2.07. The number of hydrogen-bond acceptors (Lipinski definition) is 6. The van der Waals surface area contributed by atoms with Gasteiger partial charge in [-0.05, 0) is 25.5 Å². The highest BCUT2D eigenvalue weighted by Crippen LogP contribution is 2.34. The van der Waals surface area contributed by atoms with Crippen molar-refractivity contribution in [2.75, 3.05) is 19.0 Å². The highest BCUT2D eigenvalue weighted by molar-refractivity contribution is 7.99. The van der Waals surface area contributed by atoms with Crippen LogP contribution in [0.25, 0.3) is 22.4 Å². The van der Waals surface area contributed by atoms with Gasteiger partial charge in [-0.3, -0.25) is 4.79 Å². The number of hydrogen-bond donors (Lipinski definition) is 1. The van der Waals surface area contributed by atoms with E-state index >= 15 is 0 Å². The number of aromatic nitrogens is 1. The summed E-state index contributed by atoms with van der Waals surface area (Å²) in [6, 6.07) is 23.7. The summed E-state index contributed by atoms with van der Waals surface area (Å²) < 4.78 is 5.00. The van der Waals surface area contributed by atoms with E-state index in [0.29, 0.717) is 17.2 Å². The summed E-state index contributed by atoms with van der Waals surface area (Å²) in [5, 5.41) is 17.9. The van der Waals surface area contributed by atoms with E-state index in [4.69, 9.17) is 9.84 Å². The molecule has 5 nitrogen and oxygen atoms in total. The first-order chi connectivity index (χ1) is 14.6. The molecule has 0 saturated heterocycles. The van der Waals surface area contributed by atoms with E-state index in [1.165, 1.54) is 11.8 Å². The summed E-state index contributed by atoms with van der Waals surface area (Å²) >= 11 is 1.23. The molecule has 0 unspecified atom stereocenters. The van der Waals surface area contributed by atoms with E-state index in [2.05, 4.69) is 11.1 Å². The normalized spacial score (nSPS) is 9.80. The number of aliphatic hydroxyl groups is 1. The Balaban J connectivity index is 0.00000101. The molecular weight excluding hydrogens is 396 g/mol. The number of carbonyl (C=O) groups excluding carboxylic acids is 1. The Morgan fingerprint density at radius 1 is 1.07 bits per heavy atom. The number of nitrogens with zero attached hydrogens (tertiary/aromatic N) is 2. The van der Waals surface area contributed by atoms with Crippen molar-refractivity contribution >= 4 is 17.7 Å². The predicted molar refractivity (Wildman–Crippen MR) is 120 cm³/mol. The average molecular weight is 421 g/mol. The van der Waals surface area contributed by atoms with E-state index in [0.717, 1.165) is 22.4 Å². The van der Waals surface area contributed by atoms with Gasteiger partial charge in [-0.15, -0.1) is 0 Å². The van der Waals surface area contributed by atoms with Crippen LogP contribution in [0.4, 0.5) is 0 Å². The third-order valence-electron chi connectivity index (χ3n) is 3.88. The number of aliphatic hydroxyl groups excluding tert-OH is 1. The molecule has 1 aromatic heterocycles. The van der Waals surface area contributed by atoms with Crippen molar-refractivity contribution in [1.82, 2.24) is 4.98 Å². The molecule has 0 aliphatic rings. The van der Waals surface area contributed by atoms with Crippen molar-refractivity contribution in [3.8, 4) is 28.5 Å². The van der Waals surface area contributed by atoms with Crippen LogP contribution in [0.15, 0.2) is 71.8 Å². The first-order valence-electron chi connectivity index (χ1n) is 9.59. The number of benzene rings is 2. The average Bonchev–Trinajstić information content (AvgIpc) is 2.79. The molecule has 1 N–H and O–H groups in total. The van der Waals surface area contributed by atoms with Crippen LogP contribution in [0.5, 0.6) is 0 Å². The van der Waals surface area contributed by atoms with Gasteiger partial charge >= 0.3 is 5.97 Å². The van der Waals surface area contributed by atoms with Crippen LogP contribution < -0.4 is 0 Å². The SMILES string of the molecule is CCO.CCOC(=O)CSc1nc(-c2ccccc2)cc(-c2ccccc2)c1C#N. The van der Waals surface area contributed by atoms with Crippen LogP contribution in [-0.4, -0.2) is 35.0 Å². The second kappa shape index (κ2) is 12.4. The number of ether oxygens (including phenoxy) is 1. The number of pyridine rings is 1. The van der Waals surface area contributed by atoms with Crippen LogP contribution >= 0.6 is 11.8 Å². The maximum atomic E-state index is 11.8. The summed E-state index contributed by atoms with van der Waals surface area (Å²) in [6.07, 6.45) is 0. The van der Waals surface area contributed by atoms with Gasteiger partial charge in [0.25, 0.3) is 0 Å². The summed E-state index contributed by atoms with van der Waals surface area (Å²) in [6.45, 7) is 4.03. The Bertz CT molecular complexity index is 987. The molecule has 0 aliphatic carbocycles. The van der Waals surface area contributed by atoms with Gasteiger partial charge in [0.05, 0.1) is 23.6 Å². The number of thioether (sulfide) groups is 1. The quantitative estimate of drug-likeness (QED) is 0.449. The maximum absolute atomic E-state index is 11.8. The molecule has 0 spiro atoms. The molecule has 154 valence electrons. The van der Waals surface area contributed by atoms with Crippen LogP contribution in [0.2, 0.25) is 0 Å². The number of nitriles is 1. The largest absolute Gasteiger partial charge is 0.465 e. The molecule has 0 saturated carbocycles. The molecule has 0 fully saturated rings. The Labute approximate surface area is 181 Å². The standard InChI is InChI=1S/C22H18N2O2S.C2H6O/c1-2-26-21(25)15-27-22-19(14-23)18(16-9-5-3-6-10-16)13-20(24-22)17-11-7-4-8-12-17;1-2-3/h3-13H,2,15H2,1H3;3H,2H2,1H3. The van der Waals surface area contributed by atoms with E-state index in [1.807, 2.05) is 66.7 Å². The fraction of sp³-hybridized carbons (Fsp3) is 0.208. The molecule has 0 amide bonds. The molecule has 0 aliphatic heterocycles. The van der Waals surface area contributed by atoms with Gasteiger partial charge in [-0.2, -0.15) is 5.26 Å². The fourth-order valence-electron chi connectivity index (χ4n) is 2.67. The van der Waals surface area contributed by atoms with Crippen molar-refractivity contribution in [2.45, 2.75) is 18.9 Å². The lowest BCUT2D eigenvalue weighted by Gasteiger charge is -2.12. The second-order valence-electron chi connectivity index (χ2n) is 5.99. The molecule has 1 heterocycles. The zero-order chi connectivity index (χ0) is 21.8. The fourth-order valence-corrected chi connectivity index (χ4v) is 3.47. The van der Waals surface area contributed by atoms with Crippen molar-refractivity contribution in [2.24, 2.45) is 0 Å². The predicted octanol–water partition coefficient (Wildman–Crippen LogP) is 4.94. The highest BCUT2D eigenvalue weighted by Gasteiger charge is 2.17. The molecule has 30 heavy (non-hydrogen) atoms. The number of esters is 1. The Morgan fingerprint density at radius 2 is 1.63 bits per heavy atom. The van der Waals surface area contributed by atoms with Crippen LogP contribution in [-0.2, 0) is 9.53 Å². The molecule has 0 radical (unpaired) electrons. The molecular formula is C24H24N2O3S. The van der Waals surface area contributed by atoms with Crippen LogP contribution in [0, 0.1) is 11.3 Å². The Kier molecular flexibility index (Phi) is 9.59. The van der Waals surface area contributed by atoms with Gasteiger partial charge in [-0.25, -0.2) is 4.98 Å². The lowest BCUT2D eigenvalue weighted by atomic mass is 9.99. The number of carbonyl (C=O) groups is 1. The lowest BCUT2D eigenvalue weighted by molar-refractivity contribution is -0.139.